The van der Waals surface area contributed by atoms with Crippen LogP contribution in [-0.2, 0) is 9.53 Å². The van der Waals surface area contributed by atoms with Gasteiger partial charge in [0, 0.05) is 6.08 Å². The van der Waals surface area contributed by atoms with E-state index in [0.717, 1.165) is 6.08 Å². The fourth-order valence-corrected chi connectivity index (χ4v) is 0.819. The summed E-state index contributed by atoms with van der Waals surface area (Å²) in [7, 11) is 1.25. The highest BCUT2D eigenvalue weighted by atomic mass is 16.5. The zero-order valence-corrected chi connectivity index (χ0v) is 7.39. The predicted octanol–water partition coefficient (Wildman–Crippen LogP) is 1.16. The number of furan rings is 1. The van der Waals surface area contributed by atoms with Crippen LogP contribution in [-0.4, -0.2) is 24.2 Å². The van der Waals surface area contributed by atoms with Gasteiger partial charge in [0.25, 0.3) is 0 Å². The van der Waals surface area contributed by atoms with Gasteiger partial charge in [-0.3, -0.25) is 0 Å². The molecule has 1 aromatic rings. The third-order valence-electron chi connectivity index (χ3n) is 1.43. The number of rotatable bonds is 3. The monoisotopic (exact) mass is 196 g/mol. The van der Waals surface area contributed by atoms with Gasteiger partial charge in [0.1, 0.15) is 12.0 Å². The molecular formula is C9H8O5. The summed E-state index contributed by atoms with van der Waals surface area (Å²) >= 11 is 0. The quantitative estimate of drug-likeness (QED) is 0.579. The minimum Gasteiger partial charge on any atom is -0.478 e. The van der Waals surface area contributed by atoms with Gasteiger partial charge in [-0.2, -0.15) is 0 Å². The number of methoxy groups -OCH3 is 1. The van der Waals surface area contributed by atoms with Crippen molar-refractivity contribution in [3.8, 4) is 0 Å². The number of esters is 1. The van der Waals surface area contributed by atoms with Crippen molar-refractivity contribution in [2.45, 2.75) is 0 Å². The second-order valence-corrected chi connectivity index (χ2v) is 2.40. The number of carbonyl (C=O) groups is 2. The molecule has 0 bridgehead atoms. The number of aliphatic carboxylic acids is 1. The molecule has 0 spiro atoms. The van der Waals surface area contributed by atoms with E-state index in [1.165, 1.54) is 25.5 Å². The molecule has 74 valence electrons. The van der Waals surface area contributed by atoms with E-state index >= 15 is 0 Å². The lowest BCUT2D eigenvalue weighted by Gasteiger charge is -1.89. The maximum Gasteiger partial charge on any atom is 0.341 e. The van der Waals surface area contributed by atoms with Crippen LogP contribution in [0.3, 0.4) is 0 Å². The first-order valence-corrected chi connectivity index (χ1v) is 3.71. The molecule has 14 heavy (non-hydrogen) atoms. The smallest absolute Gasteiger partial charge is 0.341 e. The molecule has 1 rings (SSSR count). The third-order valence-corrected chi connectivity index (χ3v) is 1.43. The van der Waals surface area contributed by atoms with Gasteiger partial charge < -0.3 is 14.3 Å². The molecule has 0 aliphatic heterocycles. The molecule has 1 aromatic heterocycles. The summed E-state index contributed by atoms with van der Waals surface area (Å²) in [4.78, 5) is 21.1. The Labute approximate surface area is 79.6 Å². The van der Waals surface area contributed by atoms with Crippen LogP contribution in [0.1, 0.15) is 16.1 Å². The Morgan fingerprint density at radius 3 is 2.86 bits per heavy atom. The molecule has 0 aliphatic rings. The molecule has 0 aromatic carbocycles. The second-order valence-electron chi connectivity index (χ2n) is 2.40. The number of ether oxygens (including phenoxy) is 1. The molecule has 0 radical (unpaired) electrons. The average molecular weight is 196 g/mol. The van der Waals surface area contributed by atoms with E-state index < -0.39 is 11.9 Å². The highest BCUT2D eigenvalue weighted by Gasteiger charge is 2.08. The maximum absolute atomic E-state index is 10.9. The molecule has 5 heteroatoms. The number of carboxylic acids is 1. The highest BCUT2D eigenvalue weighted by Crippen LogP contribution is 2.10. The van der Waals surface area contributed by atoms with Crippen molar-refractivity contribution >= 4 is 18.0 Å². The molecule has 5 nitrogen and oxygen atoms in total. The number of carboxylic acid groups (broad SMARTS) is 1. The van der Waals surface area contributed by atoms with Gasteiger partial charge in [0.2, 0.25) is 0 Å². The summed E-state index contributed by atoms with van der Waals surface area (Å²) in [5, 5.41) is 8.32. The van der Waals surface area contributed by atoms with Crippen LogP contribution in [0.4, 0.5) is 0 Å². The maximum atomic E-state index is 10.9. The summed E-state index contributed by atoms with van der Waals surface area (Å²) < 4.78 is 9.32. The van der Waals surface area contributed by atoms with Gasteiger partial charge in [-0.15, -0.1) is 0 Å². The summed E-state index contributed by atoms with van der Waals surface area (Å²) in [5.41, 5.74) is 0.248. The Balaban J connectivity index is 2.78. The lowest BCUT2D eigenvalue weighted by atomic mass is 10.3. The molecular weight excluding hydrogens is 188 g/mol. The fraction of sp³-hybridized carbons (Fsp3) is 0.111. The Morgan fingerprint density at radius 2 is 2.29 bits per heavy atom. The third kappa shape index (κ3) is 2.48. The lowest BCUT2D eigenvalue weighted by Crippen LogP contribution is -1.98. The fourth-order valence-electron chi connectivity index (χ4n) is 0.819. The van der Waals surface area contributed by atoms with E-state index in [1.807, 2.05) is 0 Å². The first-order valence-electron chi connectivity index (χ1n) is 3.71. The number of hydrogen-bond acceptors (Lipinski definition) is 4. The molecule has 1 heterocycles. The van der Waals surface area contributed by atoms with Crippen molar-refractivity contribution in [1.29, 1.82) is 0 Å². The molecule has 0 fully saturated rings. The molecule has 1 N–H and O–H groups in total. The summed E-state index contributed by atoms with van der Waals surface area (Å²) in [5.74, 6) is -1.32. The van der Waals surface area contributed by atoms with Gasteiger partial charge in [-0.1, -0.05) is 0 Å². The van der Waals surface area contributed by atoms with Crippen molar-refractivity contribution < 1.29 is 23.8 Å². The normalized spacial score (nSPS) is 10.4. The average Bonchev–Trinajstić information content (AvgIpc) is 2.62. The molecule has 0 atom stereocenters. The van der Waals surface area contributed by atoms with Crippen LogP contribution >= 0.6 is 0 Å². The van der Waals surface area contributed by atoms with Gasteiger partial charge in [-0.05, 0) is 12.1 Å². The number of carbonyl (C=O) groups excluding carboxylic acids is 1. The van der Waals surface area contributed by atoms with Crippen molar-refractivity contribution in [3.05, 3.63) is 29.7 Å². The van der Waals surface area contributed by atoms with Crippen LogP contribution in [0.15, 0.2) is 22.8 Å². The summed E-state index contributed by atoms with van der Waals surface area (Å²) in [6, 6.07) is 1.39. The molecule has 0 aliphatic carbocycles. The summed E-state index contributed by atoms with van der Waals surface area (Å²) in [6.07, 6.45) is 3.36. The lowest BCUT2D eigenvalue weighted by molar-refractivity contribution is -0.131. The van der Waals surface area contributed by atoms with E-state index in [-0.39, 0.29) is 11.3 Å². The van der Waals surface area contributed by atoms with E-state index in [9.17, 15) is 9.59 Å². The zero-order valence-electron chi connectivity index (χ0n) is 7.39. The molecule has 0 saturated heterocycles. The van der Waals surface area contributed by atoms with Gasteiger partial charge >= 0.3 is 11.9 Å². The topological polar surface area (TPSA) is 76.7 Å². The largest absolute Gasteiger partial charge is 0.478 e. The summed E-state index contributed by atoms with van der Waals surface area (Å²) in [6.45, 7) is 0. The van der Waals surface area contributed by atoms with Crippen LogP contribution in [0.5, 0.6) is 0 Å². The van der Waals surface area contributed by atoms with Gasteiger partial charge in [-0.25, -0.2) is 9.59 Å². The molecule has 0 saturated carbocycles. The minimum absolute atomic E-state index is 0.248. The van der Waals surface area contributed by atoms with Crippen molar-refractivity contribution in [3.63, 3.8) is 0 Å². The van der Waals surface area contributed by atoms with E-state index in [0.29, 0.717) is 0 Å². The molecule has 0 unspecified atom stereocenters. The van der Waals surface area contributed by atoms with Gasteiger partial charge in [0.05, 0.1) is 12.7 Å². The standard InChI is InChI=1S/C9H8O5/c1-13-9(12)6-4-7(14-5-6)2-3-8(10)11/h2-5H,1H3,(H,10,11)/b3-2+. The first-order chi connectivity index (χ1) is 6.63. The van der Waals surface area contributed by atoms with E-state index in [4.69, 9.17) is 9.52 Å². The first kappa shape index (κ1) is 10.0. The van der Waals surface area contributed by atoms with Crippen LogP contribution in [0.25, 0.3) is 6.08 Å². The second kappa shape index (κ2) is 4.27. The Morgan fingerprint density at radius 1 is 1.57 bits per heavy atom. The minimum atomic E-state index is -1.08. The van der Waals surface area contributed by atoms with Crippen molar-refractivity contribution in [2.75, 3.05) is 7.11 Å². The highest BCUT2D eigenvalue weighted by molar-refractivity contribution is 5.90. The van der Waals surface area contributed by atoms with E-state index in [2.05, 4.69) is 4.74 Å². The Kier molecular flexibility index (Phi) is 3.06. The molecule has 0 amide bonds. The van der Waals surface area contributed by atoms with Crippen LogP contribution in [0.2, 0.25) is 0 Å². The Hall–Kier alpha value is -2.04. The SMILES string of the molecule is COC(=O)c1coc(/C=C/C(=O)O)c1. The Bertz CT molecular complexity index is 374. The predicted molar refractivity (Wildman–Crippen MR) is 46.7 cm³/mol. The van der Waals surface area contributed by atoms with Crippen molar-refractivity contribution in [2.24, 2.45) is 0 Å². The van der Waals surface area contributed by atoms with Crippen LogP contribution in [0, 0.1) is 0 Å². The zero-order chi connectivity index (χ0) is 10.6. The van der Waals surface area contributed by atoms with Crippen LogP contribution < -0.4 is 0 Å². The number of hydrogen-bond donors (Lipinski definition) is 1. The van der Waals surface area contributed by atoms with Crippen molar-refractivity contribution in [1.82, 2.24) is 0 Å². The van der Waals surface area contributed by atoms with Gasteiger partial charge in [0.15, 0.2) is 0 Å². The van der Waals surface area contributed by atoms with E-state index in [1.54, 1.807) is 0 Å².